The van der Waals surface area contributed by atoms with E-state index in [2.05, 4.69) is 11.1 Å². The maximum absolute atomic E-state index is 10.7. The minimum absolute atomic E-state index is 0.172. The van der Waals surface area contributed by atoms with Gasteiger partial charge in [0.2, 0.25) is 0 Å². The lowest BCUT2D eigenvalue weighted by atomic mass is 10.3. The van der Waals surface area contributed by atoms with Gasteiger partial charge in [-0.2, -0.15) is 0 Å². The summed E-state index contributed by atoms with van der Waals surface area (Å²) in [6.45, 7) is 0. The van der Waals surface area contributed by atoms with Crippen molar-refractivity contribution < 1.29 is 4.79 Å². The van der Waals surface area contributed by atoms with Crippen molar-refractivity contribution in [3.05, 3.63) is 34.8 Å². The molecule has 1 aromatic carbocycles. The van der Waals surface area contributed by atoms with E-state index in [1.807, 2.05) is 6.07 Å². The normalized spacial score (nSPS) is 13.8. The van der Waals surface area contributed by atoms with Crippen molar-refractivity contribution in [1.29, 1.82) is 0 Å². The van der Waals surface area contributed by atoms with E-state index in [9.17, 15) is 4.79 Å². The molecule has 2 heteroatoms. The van der Waals surface area contributed by atoms with Gasteiger partial charge in [0.25, 0.3) is 5.91 Å². The Morgan fingerprint density at radius 2 is 2.40 bits per heavy atom. The van der Waals surface area contributed by atoms with Gasteiger partial charge in [0, 0.05) is 11.3 Å². The molecule has 1 amide bonds. The van der Waals surface area contributed by atoms with Crippen molar-refractivity contribution in [2.24, 2.45) is 4.99 Å². The summed E-state index contributed by atoms with van der Waals surface area (Å²) in [5, 5.41) is 1.62. The number of amides is 1. The van der Waals surface area contributed by atoms with Gasteiger partial charge in [0.15, 0.2) is 0 Å². The molecule has 10 heavy (non-hydrogen) atoms. The monoisotopic (exact) mass is 130 g/mol. The van der Waals surface area contributed by atoms with Gasteiger partial charge in [0.05, 0.1) is 5.36 Å². The van der Waals surface area contributed by atoms with Crippen LogP contribution in [0.4, 0.5) is 0 Å². The zero-order valence-electron chi connectivity index (χ0n) is 5.16. The van der Waals surface area contributed by atoms with Crippen LogP contribution in [0.15, 0.2) is 23.2 Å². The molecule has 1 heterocycles. The smallest absolute Gasteiger partial charge is 0.267 e. The lowest BCUT2D eigenvalue weighted by Crippen LogP contribution is -2.19. The fourth-order valence-electron chi connectivity index (χ4n) is 0.937. The van der Waals surface area contributed by atoms with Crippen LogP contribution in [0.1, 0.15) is 0 Å². The SMILES string of the molecule is O=C1C=c2cc[c]cc2=N1. The number of benzene rings is 1. The number of fused-ring (bicyclic) bond motifs is 1. The Kier molecular flexibility index (Phi) is 0.947. The van der Waals surface area contributed by atoms with Crippen LogP contribution in [-0.2, 0) is 4.79 Å². The first-order valence-corrected chi connectivity index (χ1v) is 2.97. The third kappa shape index (κ3) is 0.658. The highest BCUT2D eigenvalue weighted by Crippen LogP contribution is 1.81. The van der Waals surface area contributed by atoms with Crippen LogP contribution in [0.2, 0.25) is 0 Å². The molecule has 0 atom stereocenters. The van der Waals surface area contributed by atoms with Gasteiger partial charge in [-0.25, -0.2) is 4.99 Å². The lowest BCUT2D eigenvalue weighted by Gasteiger charge is -1.76. The van der Waals surface area contributed by atoms with E-state index >= 15 is 0 Å². The first-order valence-electron chi connectivity index (χ1n) is 2.97. The zero-order chi connectivity index (χ0) is 6.97. The van der Waals surface area contributed by atoms with Crippen LogP contribution in [0.5, 0.6) is 0 Å². The summed E-state index contributed by atoms with van der Waals surface area (Å²) in [5.41, 5.74) is 0. The van der Waals surface area contributed by atoms with Gasteiger partial charge >= 0.3 is 0 Å². The third-order valence-corrected chi connectivity index (χ3v) is 1.38. The number of nitrogens with zero attached hydrogens (tertiary/aromatic N) is 1. The van der Waals surface area contributed by atoms with Crippen LogP contribution in [0.25, 0.3) is 6.08 Å². The summed E-state index contributed by atoms with van der Waals surface area (Å²) in [6.07, 6.45) is 1.52. The molecule has 2 nitrogen and oxygen atoms in total. The molecule has 2 rings (SSSR count). The van der Waals surface area contributed by atoms with Crippen molar-refractivity contribution in [3.8, 4) is 0 Å². The molecule has 0 unspecified atom stereocenters. The Bertz CT molecular complexity index is 355. The molecule has 0 saturated heterocycles. The average Bonchev–Trinajstić information content (AvgIpc) is 2.27. The molecule has 1 radical (unpaired) electrons. The number of carbonyl (C=O) groups excluding carboxylic acids is 1. The summed E-state index contributed by atoms with van der Waals surface area (Å²) in [6, 6.07) is 8.14. The number of hydrogen-bond acceptors (Lipinski definition) is 1. The van der Waals surface area contributed by atoms with Gasteiger partial charge in [0.1, 0.15) is 0 Å². The van der Waals surface area contributed by atoms with Crippen molar-refractivity contribution >= 4 is 12.0 Å². The summed E-state index contributed by atoms with van der Waals surface area (Å²) in [5.74, 6) is -0.172. The highest BCUT2D eigenvalue weighted by molar-refractivity contribution is 6.06. The first kappa shape index (κ1) is 5.35. The summed E-state index contributed by atoms with van der Waals surface area (Å²) < 4.78 is 0. The Hall–Kier alpha value is -1.44. The van der Waals surface area contributed by atoms with E-state index in [1.54, 1.807) is 12.1 Å². The van der Waals surface area contributed by atoms with E-state index in [0.29, 0.717) is 0 Å². The van der Waals surface area contributed by atoms with Crippen LogP contribution in [-0.4, -0.2) is 5.91 Å². The minimum atomic E-state index is -0.172. The van der Waals surface area contributed by atoms with E-state index in [1.165, 1.54) is 6.08 Å². The molecule has 1 aliphatic rings. The maximum Gasteiger partial charge on any atom is 0.270 e. The molecule has 0 aliphatic carbocycles. The Labute approximate surface area is 57.5 Å². The van der Waals surface area contributed by atoms with E-state index in [0.717, 1.165) is 10.6 Å². The van der Waals surface area contributed by atoms with E-state index < -0.39 is 0 Å². The van der Waals surface area contributed by atoms with Crippen molar-refractivity contribution in [3.63, 3.8) is 0 Å². The third-order valence-electron chi connectivity index (χ3n) is 1.38. The average molecular weight is 130 g/mol. The molecule has 47 valence electrons. The van der Waals surface area contributed by atoms with Gasteiger partial charge < -0.3 is 0 Å². The molecule has 1 aliphatic heterocycles. The lowest BCUT2D eigenvalue weighted by molar-refractivity contribution is -0.112. The van der Waals surface area contributed by atoms with Crippen molar-refractivity contribution in [1.82, 2.24) is 0 Å². The molecule has 0 spiro atoms. The van der Waals surface area contributed by atoms with Crippen molar-refractivity contribution in [2.45, 2.75) is 0 Å². The fourth-order valence-corrected chi connectivity index (χ4v) is 0.937. The maximum atomic E-state index is 10.7. The molecule has 0 aromatic heterocycles. The summed E-state index contributed by atoms with van der Waals surface area (Å²) >= 11 is 0. The summed E-state index contributed by atoms with van der Waals surface area (Å²) in [7, 11) is 0. The van der Waals surface area contributed by atoms with E-state index in [-0.39, 0.29) is 5.91 Å². The molecule has 0 N–H and O–H groups in total. The Morgan fingerprint density at radius 1 is 1.50 bits per heavy atom. The first-order chi connectivity index (χ1) is 4.86. The molecule has 0 fully saturated rings. The van der Waals surface area contributed by atoms with Crippen molar-refractivity contribution in [2.75, 3.05) is 0 Å². The highest BCUT2D eigenvalue weighted by Gasteiger charge is 1.99. The number of hydrogen-bond donors (Lipinski definition) is 0. The zero-order valence-corrected chi connectivity index (χ0v) is 5.16. The number of rotatable bonds is 0. The molecule has 0 saturated carbocycles. The standard InChI is InChI=1S/C8H4NO/c10-8-5-6-3-1-2-4-7(6)9-8/h1,3-5H. The summed E-state index contributed by atoms with van der Waals surface area (Å²) in [4.78, 5) is 14.4. The second-order valence-corrected chi connectivity index (χ2v) is 2.08. The number of carbonyl (C=O) groups is 1. The second kappa shape index (κ2) is 1.77. The predicted octanol–water partition coefficient (Wildman–Crippen LogP) is -0.573. The Morgan fingerprint density at radius 3 is 3.20 bits per heavy atom. The quantitative estimate of drug-likeness (QED) is 0.462. The minimum Gasteiger partial charge on any atom is -0.267 e. The van der Waals surface area contributed by atoms with Crippen LogP contribution in [0, 0.1) is 6.07 Å². The van der Waals surface area contributed by atoms with Gasteiger partial charge in [-0.3, -0.25) is 4.79 Å². The fraction of sp³-hybridized carbons (Fsp3) is 0. The molecule has 0 bridgehead atoms. The largest absolute Gasteiger partial charge is 0.270 e. The van der Waals surface area contributed by atoms with E-state index in [4.69, 9.17) is 0 Å². The molecular weight excluding hydrogens is 126 g/mol. The second-order valence-electron chi connectivity index (χ2n) is 2.08. The molecular formula is C8H4NO. The van der Waals surface area contributed by atoms with Gasteiger partial charge in [-0.1, -0.05) is 12.1 Å². The molecule has 1 aromatic rings. The Balaban J connectivity index is 2.96. The predicted molar refractivity (Wildman–Crippen MR) is 35.5 cm³/mol. The topological polar surface area (TPSA) is 29.4 Å². The van der Waals surface area contributed by atoms with Gasteiger partial charge in [-0.15, -0.1) is 0 Å². The van der Waals surface area contributed by atoms with Crippen LogP contribution in [0.3, 0.4) is 0 Å². The van der Waals surface area contributed by atoms with Crippen LogP contribution >= 0.6 is 0 Å². The van der Waals surface area contributed by atoms with Crippen LogP contribution < -0.4 is 10.6 Å². The highest BCUT2D eigenvalue weighted by atomic mass is 16.1. The van der Waals surface area contributed by atoms with Gasteiger partial charge in [-0.05, 0) is 12.1 Å².